The molecule has 100 valence electrons. The van der Waals surface area contributed by atoms with Gasteiger partial charge in [0.1, 0.15) is 0 Å². The van der Waals surface area contributed by atoms with Crippen molar-refractivity contribution in [3.63, 3.8) is 0 Å². The van der Waals surface area contributed by atoms with Crippen molar-refractivity contribution in [1.29, 1.82) is 0 Å². The zero-order chi connectivity index (χ0) is 13.8. The highest BCUT2D eigenvalue weighted by atomic mass is 16.5. The number of hydrogen-bond donors (Lipinski definition) is 1. The Morgan fingerprint density at radius 1 is 0.850 bits per heavy atom. The van der Waals surface area contributed by atoms with Crippen LogP contribution in [0.5, 0.6) is 0 Å². The van der Waals surface area contributed by atoms with E-state index in [4.69, 9.17) is 10.3 Å². The van der Waals surface area contributed by atoms with E-state index in [0.29, 0.717) is 5.82 Å². The Labute approximate surface area is 117 Å². The van der Waals surface area contributed by atoms with Crippen molar-refractivity contribution >= 4 is 0 Å². The highest BCUT2D eigenvalue weighted by Gasteiger charge is 2.26. The summed E-state index contributed by atoms with van der Waals surface area (Å²) < 4.78 is 4.82. The SMILES string of the molecule is NC(c1ncon1)C(c1ccccc1)c1ccccc1. The van der Waals surface area contributed by atoms with Crippen molar-refractivity contribution in [2.75, 3.05) is 0 Å². The average molecular weight is 265 g/mol. The third kappa shape index (κ3) is 2.46. The highest BCUT2D eigenvalue weighted by molar-refractivity contribution is 5.35. The van der Waals surface area contributed by atoms with Crippen molar-refractivity contribution in [3.8, 4) is 0 Å². The molecule has 0 aliphatic heterocycles. The number of benzene rings is 2. The van der Waals surface area contributed by atoms with Gasteiger partial charge in [-0.1, -0.05) is 65.8 Å². The van der Waals surface area contributed by atoms with Gasteiger partial charge in [0.2, 0.25) is 6.39 Å². The van der Waals surface area contributed by atoms with Crippen LogP contribution in [0.3, 0.4) is 0 Å². The Hall–Kier alpha value is -2.46. The van der Waals surface area contributed by atoms with E-state index in [9.17, 15) is 0 Å². The topological polar surface area (TPSA) is 64.9 Å². The monoisotopic (exact) mass is 265 g/mol. The van der Waals surface area contributed by atoms with Crippen molar-refractivity contribution in [1.82, 2.24) is 10.1 Å². The lowest BCUT2D eigenvalue weighted by molar-refractivity contribution is 0.401. The normalized spacial score (nSPS) is 12.5. The molecular weight excluding hydrogens is 250 g/mol. The number of nitrogens with two attached hydrogens (primary N) is 1. The van der Waals surface area contributed by atoms with E-state index in [1.165, 1.54) is 6.39 Å². The molecule has 0 fully saturated rings. The third-order valence-electron chi connectivity index (χ3n) is 3.35. The number of rotatable bonds is 4. The first-order valence-electron chi connectivity index (χ1n) is 6.48. The maximum Gasteiger partial charge on any atom is 0.213 e. The highest BCUT2D eigenvalue weighted by Crippen LogP contribution is 2.33. The first kappa shape index (κ1) is 12.6. The van der Waals surface area contributed by atoms with Crippen molar-refractivity contribution in [3.05, 3.63) is 84.0 Å². The number of hydrogen-bond acceptors (Lipinski definition) is 4. The summed E-state index contributed by atoms with van der Waals surface area (Å²) in [6.45, 7) is 0. The zero-order valence-corrected chi connectivity index (χ0v) is 10.9. The maximum absolute atomic E-state index is 6.36. The van der Waals surface area contributed by atoms with Gasteiger partial charge in [-0.15, -0.1) is 0 Å². The molecule has 2 aromatic carbocycles. The van der Waals surface area contributed by atoms with Crippen LogP contribution in [-0.4, -0.2) is 10.1 Å². The molecule has 2 N–H and O–H groups in total. The summed E-state index contributed by atoms with van der Waals surface area (Å²) in [7, 11) is 0. The number of aromatic nitrogens is 2. The number of nitrogens with zero attached hydrogens (tertiary/aromatic N) is 2. The van der Waals surface area contributed by atoms with Gasteiger partial charge in [-0.25, -0.2) is 0 Å². The molecule has 4 nitrogen and oxygen atoms in total. The summed E-state index contributed by atoms with van der Waals surface area (Å²) in [6, 6.07) is 19.9. The predicted octanol–water partition coefficient (Wildman–Crippen LogP) is 2.90. The summed E-state index contributed by atoms with van der Waals surface area (Å²) in [5, 5.41) is 3.88. The van der Waals surface area contributed by atoms with Gasteiger partial charge in [-0.3, -0.25) is 0 Å². The Morgan fingerprint density at radius 3 is 1.85 bits per heavy atom. The predicted molar refractivity (Wildman–Crippen MR) is 76.0 cm³/mol. The Balaban J connectivity index is 2.05. The lowest BCUT2D eigenvalue weighted by atomic mass is 9.85. The fourth-order valence-corrected chi connectivity index (χ4v) is 2.40. The molecule has 1 unspecified atom stereocenters. The van der Waals surface area contributed by atoms with Gasteiger partial charge >= 0.3 is 0 Å². The van der Waals surface area contributed by atoms with Gasteiger partial charge < -0.3 is 10.3 Å². The van der Waals surface area contributed by atoms with Crippen molar-refractivity contribution in [2.24, 2.45) is 5.73 Å². The van der Waals surface area contributed by atoms with E-state index in [0.717, 1.165) is 11.1 Å². The quantitative estimate of drug-likeness (QED) is 0.787. The molecule has 0 aliphatic rings. The summed E-state index contributed by atoms with van der Waals surface area (Å²) in [5.41, 5.74) is 8.63. The first-order valence-corrected chi connectivity index (χ1v) is 6.48. The van der Waals surface area contributed by atoms with Gasteiger partial charge in [0.25, 0.3) is 0 Å². The van der Waals surface area contributed by atoms with Gasteiger partial charge in [-0.2, -0.15) is 4.98 Å². The Morgan fingerprint density at radius 2 is 1.40 bits per heavy atom. The molecule has 3 aromatic rings. The molecule has 20 heavy (non-hydrogen) atoms. The summed E-state index contributed by atoms with van der Waals surface area (Å²) >= 11 is 0. The minimum Gasteiger partial charge on any atom is -0.343 e. The van der Waals surface area contributed by atoms with Crippen LogP contribution in [0.4, 0.5) is 0 Å². The fraction of sp³-hybridized carbons (Fsp3) is 0.125. The van der Waals surface area contributed by atoms with Crippen LogP contribution < -0.4 is 5.73 Å². The molecule has 0 saturated heterocycles. The van der Waals surface area contributed by atoms with Crippen LogP contribution in [0.15, 0.2) is 71.6 Å². The van der Waals surface area contributed by atoms with E-state index in [1.54, 1.807) is 0 Å². The third-order valence-corrected chi connectivity index (χ3v) is 3.35. The molecule has 1 heterocycles. The van der Waals surface area contributed by atoms with Crippen LogP contribution in [0, 0.1) is 0 Å². The van der Waals surface area contributed by atoms with E-state index in [2.05, 4.69) is 34.4 Å². The summed E-state index contributed by atoms with van der Waals surface area (Å²) in [4.78, 5) is 4.09. The summed E-state index contributed by atoms with van der Waals surface area (Å²) in [6.07, 6.45) is 1.31. The molecule has 0 aliphatic carbocycles. The molecule has 0 spiro atoms. The lowest BCUT2D eigenvalue weighted by Gasteiger charge is -2.22. The molecule has 0 bridgehead atoms. The van der Waals surface area contributed by atoms with Gasteiger partial charge in [0.15, 0.2) is 5.82 Å². The fourth-order valence-electron chi connectivity index (χ4n) is 2.40. The zero-order valence-electron chi connectivity index (χ0n) is 10.9. The molecule has 0 radical (unpaired) electrons. The van der Waals surface area contributed by atoms with E-state index in [-0.39, 0.29) is 12.0 Å². The van der Waals surface area contributed by atoms with Crippen LogP contribution in [0.25, 0.3) is 0 Å². The molecule has 1 atom stereocenters. The lowest BCUT2D eigenvalue weighted by Crippen LogP contribution is -2.22. The first-order chi connectivity index (χ1) is 9.86. The van der Waals surface area contributed by atoms with Crippen LogP contribution >= 0.6 is 0 Å². The van der Waals surface area contributed by atoms with Crippen LogP contribution in [0.1, 0.15) is 28.9 Å². The largest absolute Gasteiger partial charge is 0.343 e. The van der Waals surface area contributed by atoms with E-state index < -0.39 is 0 Å². The molecular formula is C16H15N3O. The van der Waals surface area contributed by atoms with Crippen LogP contribution in [0.2, 0.25) is 0 Å². The Kier molecular flexibility index (Phi) is 3.56. The van der Waals surface area contributed by atoms with E-state index >= 15 is 0 Å². The maximum atomic E-state index is 6.36. The molecule has 4 heteroatoms. The molecule has 0 saturated carbocycles. The summed E-state index contributed by atoms with van der Waals surface area (Å²) in [5.74, 6) is 0.512. The standard InChI is InChI=1S/C16H15N3O/c17-15(16-18-11-20-19-16)14(12-7-3-1-4-8-12)13-9-5-2-6-10-13/h1-11,14-15H,17H2. The second kappa shape index (κ2) is 5.67. The van der Waals surface area contributed by atoms with Gasteiger partial charge in [-0.05, 0) is 11.1 Å². The van der Waals surface area contributed by atoms with Crippen molar-refractivity contribution in [2.45, 2.75) is 12.0 Å². The Bertz CT molecular complexity index is 599. The second-order valence-electron chi connectivity index (χ2n) is 4.61. The smallest absolute Gasteiger partial charge is 0.213 e. The second-order valence-corrected chi connectivity index (χ2v) is 4.61. The minimum absolute atomic E-state index is 0.00463. The van der Waals surface area contributed by atoms with Crippen LogP contribution in [-0.2, 0) is 0 Å². The molecule has 0 amide bonds. The molecule has 1 aromatic heterocycles. The van der Waals surface area contributed by atoms with Gasteiger partial charge in [0, 0.05) is 5.92 Å². The minimum atomic E-state index is -0.349. The van der Waals surface area contributed by atoms with Crippen molar-refractivity contribution < 1.29 is 4.52 Å². The average Bonchev–Trinajstić information content (AvgIpc) is 3.04. The van der Waals surface area contributed by atoms with E-state index in [1.807, 2.05) is 36.4 Å². The molecule has 3 rings (SSSR count). The van der Waals surface area contributed by atoms with Gasteiger partial charge in [0.05, 0.1) is 6.04 Å².